The van der Waals surface area contributed by atoms with Crippen LogP contribution in [0.1, 0.15) is 100 Å². The predicted octanol–water partition coefficient (Wildman–Crippen LogP) is 7.47. The number of unbranched alkanes of at least 4 members (excludes halogenated alkanes) is 1. The van der Waals surface area contributed by atoms with Gasteiger partial charge in [-0.05, 0) is 105 Å². The van der Waals surface area contributed by atoms with E-state index in [9.17, 15) is 9.59 Å². The van der Waals surface area contributed by atoms with Crippen molar-refractivity contribution >= 4 is 11.9 Å². The lowest BCUT2D eigenvalue weighted by atomic mass is 9.28. The first-order valence-corrected chi connectivity index (χ1v) is 17.0. The van der Waals surface area contributed by atoms with Gasteiger partial charge in [-0.1, -0.05) is 69.2 Å². The van der Waals surface area contributed by atoms with Crippen LogP contribution in [0.2, 0.25) is 0 Å². The van der Waals surface area contributed by atoms with Gasteiger partial charge in [-0.25, -0.2) is 4.79 Å². The summed E-state index contributed by atoms with van der Waals surface area (Å²) in [6.45, 7) is 7.44. The Balaban J connectivity index is 1.43. The van der Waals surface area contributed by atoms with Crippen molar-refractivity contribution in [3.05, 3.63) is 81.7 Å². The van der Waals surface area contributed by atoms with Crippen molar-refractivity contribution in [3.8, 4) is 0 Å². The van der Waals surface area contributed by atoms with Crippen LogP contribution >= 0.6 is 0 Å². The summed E-state index contributed by atoms with van der Waals surface area (Å²) in [6, 6.07) is 6.27. The fourth-order valence-electron chi connectivity index (χ4n) is 11.0. The van der Waals surface area contributed by atoms with Crippen molar-refractivity contribution in [3.63, 3.8) is 0 Å². The molecule has 8 rings (SSSR count). The standard InChI is InChI=1S/C38H45NO4/c1-4-5-14-31-36-18-17-27-26-12-6-9-23(3)28(26)21-25-16-15-22(2)20-30(37(36,33(25)27)35(41)42-31)38(36)29-13-7-10-24(11-8-19-39)32(29)34(40)43-38/h6-7,10,12-14,21-23,26,28,30H,4-5,8-9,11,15-20,39H2,1-3H3. The molecule has 226 valence electrons. The van der Waals surface area contributed by atoms with Gasteiger partial charge in [0.05, 0.1) is 11.0 Å². The number of carbonyl (C=O) groups excluding carboxylic acids is 2. The summed E-state index contributed by atoms with van der Waals surface area (Å²) in [5, 5.41) is 0. The third kappa shape index (κ3) is 3.13. The Morgan fingerprint density at radius 1 is 1.16 bits per heavy atom. The molecular weight excluding hydrogens is 534 g/mol. The number of hydrogen-bond acceptors (Lipinski definition) is 5. The molecule has 0 bridgehead atoms. The minimum absolute atomic E-state index is 0.104. The molecule has 1 saturated heterocycles. The number of aryl methyl sites for hydroxylation is 1. The Morgan fingerprint density at radius 2 is 2.02 bits per heavy atom. The molecule has 2 N–H and O–H groups in total. The molecule has 0 aromatic heterocycles. The van der Waals surface area contributed by atoms with Gasteiger partial charge in [0.25, 0.3) is 0 Å². The molecule has 3 fully saturated rings. The van der Waals surface area contributed by atoms with Crippen LogP contribution in [0.4, 0.5) is 0 Å². The third-order valence-corrected chi connectivity index (χ3v) is 12.6. The normalized spacial score (nSPS) is 41.0. The molecule has 2 spiro atoms. The second-order valence-electron chi connectivity index (χ2n) is 14.6. The van der Waals surface area contributed by atoms with Gasteiger partial charge in [0.15, 0.2) is 5.60 Å². The van der Waals surface area contributed by atoms with E-state index in [-0.39, 0.29) is 17.9 Å². The number of esters is 2. The molecule has 43 heavy (non-hydrogen) atoms. The molecule has 8 atom stereocenters. The Hall–Kier alpha value is -2.92. The van der Waals surface area contributed by atoms with Crippen LogP contribution in [0, 0.1) is 40.4 Å². The molecule has 0 radical (unpaired) electrons. The van der Waals surface area contributed by atoms with E-state index in [1.807, 2.05) is 0 Å². The summed E-state index contributed by atoms with van der Waals surface area (Å²) < 4.78 is 13.4. The fraction of sp³-hybridized carbons (Fsp3) is 0.579. The number of benzene rings is 1. The summed E-state index contributed by atoms with van der Waals surface area (Å²) in [5.74, 6) is 2.04. The average Bonchev–Trinajstić information content (AvgIpc) is 3.45. The summed E-state index contributed by atoms with van der Waals surface area (Å²) in [7, 11) is 0. The SMILES string of the molecule is CCCC=C1OC(=O)C23C4=C5CCC12C1(OC(=O)c2c(CCCN)cccc21)C3CC(C)CCC4=CC1C(C)CC=CC51. The van der Waals surface area contributed by atoms with Crippen LogP contribution < -0.4 is 5.73 Å². The lowest BCUT2D eigenvalue weighted by molar-refractivity contribution is -0.278. The minimum atomic E-state index is -0.911. The van der Waals surface area contributed by atoms with E-state index in [0.717, 1.165) is 81.1 Å². The van der Waals surface area contributed by atoms with Crippen LogP contribution in [0.3, 0.4) is 0 Å². The topological polar surface area (TPSA) is 78.6 Å². The molecule has 5 heteroatoms. The largest absolute Gasteiger partial charge is 0.449 e. The Morgan fingerprint density at radius 3 is 2.84 bits per heavy atom. The fourth-order valence-corrected chi connectivity index (χ4v) is 11.0. The zero-order valence-electron chi connectivity index (χ0n) is 25.9. The molecule has 2 saturated carbocycles. The van der Waals surface area contributed by atoms with E-state index in [1.54, 1.807) is 0 Å². The Kier molecular flexibility index (Phi) is 6.13. The number of rotatable bonds is 5. The van der Waals surface area contributed by atoms with Crippen LogP contribution in [-0.2, 0) is 26.3 Å². The van der Waals surface area contributed by atoms with Gasteiger partial charge in [0, 0.05) is 17.4 Å². The molecule has 2 aliphatic heterocycles. The first kappa shape index (κ1) is 27.6. The second-order valence-corrected chi connectivity index (χ2v) is 14.6. The van der Waals surface area contributed by atoms with Gasteiger partial charge in [-0.2, -0.15) is 0 Å². The number of cyclic esters (lactones) is 1. The highest BCUT2D eigenvalue weighted by Gasteiger charge is 2.93. The van der Waals surface area contributed by atoms with Gasteiger partial charge >= 0.3 is 11.9 Å². The molecular formula is C38H45NO4. The maximum absolute atomic E-state index is 14.8. The quantitative estimate of drug-likeness (QED) is 0.289. The van der Waals surface area contributed by atoms with Gasteiger partial charge in [-0.15, -0.1) is 0 Å². The number of ether oxygens (including phenoxy) is 2. The smallest absolute Gasteiger partial charge is 0.339 e. The lowest BCUT2D eigenvalue weighted by Crippen LogP contribution is -2.77. The summed E-state index contributed by atoms with van der Waals surface area (Å²) in [4.78, 5) is 28.9. The van der Waals surface area contributed by atoms with Crippen molar-refractivity contribution in [1.29, 1.82) is 0 Å². The molecule has 1 aromatic rings. The van der Waals surface area contributed by atoms with Crippen LogP contribution in [0.15, 0.2) is 65.0 Å². The van der Waals surface area contributed by atoms with Gasteiger partial charge < -0.3 is 15.2 Å². The van der Waals surface area contributed by atoms with Gasteiger partial charge in [0.1, 0.15) is 11.2 Å². The predicted molar refractivity (Wildman–Crippen MR) is 166 cm³/mol. The number of fused-ring (bicyclic) bond motifs is 5. The van der Waals surface area contributed by atoms with E-state index < -0.39 is 16.4 Å². The number of nitrogens with two attached hydrogens (primary N) is 1. The summed E-state index contributed by atoms with van der Waals surface area (Å²) >= 11 is 0. The molecule has 2 heterocycles. The van der Waals surface area contributed by atoms with Gasteiger partial charge in [0.2, 0.25) is 0 Å². The van der Waals surface area contributed by atoms with Crippen molar-refractivity contribution in [2.24, 2.45) is 46.2 Å². The van der Waals surface area contributed by atoms with Crippen molar-refractivity contribution < 1.29 is 19.1 Å². The molecule has 1 aromatic carbocycles. The monoisotopic (exact) mass is 579 g/mol. The highest BCUT2D eigenvalue weighted by molar-refractivity contribution is 6.00. The number of hydrogen-bond donors (Lipinski definition) is 1. The molecule has 8 unspecified atom stereocenters. The van der Waals surface area contributed by atoms with Crippen molar-refractivity contribution in [1.82, 2.24) is 0 Å². The van der Waals surface area contributed by atoms with Crippen LogP contribution in [0.5, 0.6) is 0 Å². The Bertz CT molecular complexity index is 1550. The molecule has 5 aliphatic carbocycles. The molecule has 5 nitrogen and oxygen atoms in total. The third-order valence-electron chi connectivity index (χ3n) is 12.6. The van der Waals surface area contributed by atoms with Crippen molar-refractivity contribution in [2.45, 2.75) is 90.6 Å². The average molecular weight is 580 g/mol. The Labute approximate surface area is 255 Å². The van der Waals surface area contributed by atoms with Crippen LogP contribution in [-0.4, -0.2) is 18.5 Å². The van der Waals surface area contributed by atoms with Crippen molar-refractivity contribution in [2.75, 3.05) is 6.54 Å². The van der Waals surface area contributed by atoms with E-state index in [4.69, 9.17) is 15.2 Å². The first-order valence-electron chi connectivity index (χ1n) is 17.0. The molecule has 0 amide bonds. The van der Waals surface area contributed by atoms with Crippen LogP contribution in [0.25, 0.3) is 0 Å². The molecule has 7 aliphatic rings. The van der Waals surface area contributed by atoms with E-state index in [1.165, 1.54) is 16.7 Å². The van der Waals surface area contributed by atoms with E-state index in [2.05, 4.69) is 63.3 Å². The zero-order chi connectivity index (χ0) is 29.7. The van der Waals surface area contributed by atoms with Gasteiger partial charge in [-0.3, -0.25) is 4.79 Å². The highest BCUT2D eigenvalue weighted by Crippen LogP contribution is 2.87. The zero-order valence-corrected chi connectivity index (χ0v) is 25.9. The number of allylic oxidation sites excluding steroid dienone is 6. The maximum Gasteiger partial charge on any atom is 0.339 e. The second kappa shape index (κ2) is 9.54. The number of carbonyl (C=O) groups is 2. The highest BCUT2D eigenvalue weighted by atomic mass is 16.6. The summed E-state index contributed by atoms with van der Waals surface area (Å²) in [5.41, 5.74) is 10.3. The van der Waals surface area contributed by atoms with E-state index >= 15 is 0 Å². The first-order chi connectivity index (χ1) is 20.9. The van der Waals surface area contributed by atoms with E-state index in [0.29, 0.717) is 35.8 Å². The maximum atomic E-state index is 14.8. The summed E-state index contributed by atoms with van der Waals surface area (Å²) in [6.07, 6.45) is 18.5. The lowest BCUT2D eigenvalue weighted by Gasteiger charge is -2.72. The minimum Gasteiger partial charge on any atom is -0.449 e.